The second-order valence-corrected chi connectivity index (χ2v) is 4.02. The molecule has 0 spiro atoms. The summed E-state index contributed by atoms with van der Waals surface area (Å²) >= 11 is 0. The van der Waals surface area contributed by atoms with E-state index in [4.69, 9.17) is 0 Å². The Hall–Kier alpha value is -0.550. The zero-order valence-electron chi connectivity index (χ0n) is 9.22. The lowest BCUT2D eigenvalue weighted by Crippen LogP contribution is -2.28. The normalized spacial score (nSPS) is 21.3. The maximum atomic E-state index is 11.7. The van der Waals surface area contributed by atoms with Crippen LogP contribution in [0, 0.1) is 5.92 Å². The van der Waals surface area contributed by atoms with E-state index >= 15 is 0 Å². The molecular weight excluding hydrogens is 219 g/mol. The van der Waals surface area contributed by atoms with Gasteiger partial charge in [0.1, 0.15) is 6.61 Å². The first-order valence-corrected chi connectivity index (χ1v) is 5.58. The Morgan fingerprint density at radius 1 is 1.31 bits per heavy atom. The molecule has 1 rings (SSSR count). The van der Waals surface area contributed by atoms with Crippen LogP contribution >= 0.6 is 0 Å². The minimum absolute atomic E-state index is 0.113. The molecule has 0 saturated carbocycles. The van der Waals surface area contributed by atoms with Crippen LogP contribution in [0.15, 0.2) is 12.2 Å². The van der Waals surface area contributed by atoms with Crippen LogP contribution < -0.4 is 5.32 Å². The molecule has 1 aliphatic carbocycles. The smallest absolute Gasteiger partial charge is 0.371 e. The highest BCUT2D eigenvalue weighted by atomic mass is 19.4. The molecule has 1 unspecified atom stereocenters. The fourth-order valence-corrected chi connectivity index (χ4v) is 1.68. The van der Waals surface area contributed by atoms with E-state index in [1.165, 1.54) is 0 Å². The van der Waals surface area contributed by atoms with Crippen molar-refractivity contribution in [3.63, 3.8) is 0 Å². The third-order valence-corrected chi connectivity index (χ3v) is 2.50. The van der Waals surface area contributed by atoms with Crippen LogP contribution in [0.2, 0.25) is 0 Å². The molecule has 1 aliphatic rings. The van der Waals surface area contributed by atoms with Gasteiger partial charge in [0, 0.05) is 6.54 Å². The Morgan fingerprint density at radius 3 is 2.75 bits per heavy atom. The van der Waals surface area contributed by atoms with Crippen molar-refractivity contribution in [1.29, 1.82) is 0 Å². The van der Waals surface area contributed by atoms with Crippen molar-refractivity contribution in [3.8, 4) is 0 Å². The molecule has 0 radical (unpaired) electrons. The number of alkyl halides is 3. The third-order valence-electron chi connectivity index (χ3n) is 2.50. The van der Waals surface area contributed by atoms with Crippen molar-refractivity contribution < 1.29 is 17.9 Å². The molecule has 0 fully saturated rings. The number of halogens is 3. The highest BCUT2D eigenvalue weighted by Gasteiger charge is 2.27. The summed E-state index contributed by atoms with van der Waals surface area (Å²) in [4.78, 5) is 0. The Bertz CT molecular complexity index is 216. The van der Waals surface area contributed by atoms with Gasteiger partial charge in [0.15, 0.2) is 0 Å². The van der Waals surface area contributed by atoms with Crippen molar-refractivity contribution in [1.82, 2.24) is 5.32 Å². The number of hydrogen-bond acceptors (Lipinski definition) is 2. The van der Waals surface area contributed by atoms with Gasteiger partial charge in [-0.2, -0.15) is 13.2 Å². The van der Waals surface area contributed by atoms with Crippen molar-refractivity contribution in [2.24, 2.45) is 5.92 Å². The molecule has 0 aromatic carbocycles. The van der Waals surface area contributed by atoms with Gasteiger partial charge >= 0.3 is 6.18 Å². The largest absolute Gasteiger partial charge is 0.411 e. The van der Waals surface area contributed by atoms with Gasteiger partial charge in [-0.05, 0) is 31.7 Å². The SMILES string of the molecule is FC(F)(F)COCCNCC1CC=CCC1. The summed E-state index contributed by atoms with van der Waals surface area (Å²) in [7, 11) is 0. The number of rotatable bonds is 6. The molecule has 0 bridgehead atoms. The predicted molar refractivity (Wildman–Crippen MR) is 56.2 cm³/mol. The molecule has 1 atom stereocenters. The third kappa shape index (κ3) is 6.85. The molecule has 0 heterocycles. The highest BCUT2D eigenvalue weighted by Crippen LogP contribution is 2.16. The van der Waals surface area contributed by atoms with Gasteiger partial charge in [0.05, 0.1) is 6.61 Å². The van der Waals surface area contributed by atoms with E-state index in [9.17, 15) is 13.2 Å². The molecule has 0 saturated heterocycles. The first-order valence-electron chi connectivity index (χ1n) is 5.58. The average molecular weight is 237 g/mol. The van der Waals surface area contributed by atoms with Gasteiger partial charge < -0.3 is 10.1 Å². The second kappa shape index (κ2) is 6.91. The first-order chi connectivity index (χ1) is 7.58. The fraction of sp³-hybridized carbons (Fsp3) is 0.818. The number of ether oxygens (including phenoxy) is 1. The monoisotopic (exact) mass is 237 g/mol. The molecule has 0 amide bonds. The van der Waals surface area contributed by atoms with Crippen LogP contribution in [0.3, 0.4) is 0 Å². The van der Waals surface area contributed by atoms with Crippen LogP contribution in [-0.4, -0.2) is 32.5 Å². The van der Waals surface area contributed by atoms with Crippen LogP contribution in [0.5, 0.6) is 0 Å². The lowest BCUT2D eigenvalue weighted by Gasteiger charge is -2.18. The summed E-state index contributed by atoms with van der Waals surface area (Å²) in [6, 6.07) is 0. The zero-order chi connectivity index (χ0) is 11.9. The topological polar surface area (TPSA) is 21.3 Å². The lowest BCUT2D eigenvalue weighted by atomic mass is 9.94. The molecule has 2 nitrogen and oxygen atoms in total. The summed E-state index contributed by atoms with van der Waals surface area (Å²) in [6.07, 6.45) is 3.45. The van der Waals surface area contributed by atoms with Gasteiger partial charge in [0.2, 0.25) is 0 Å². The maximum Gasteiger partial charge on any atom is 0.411 e. The summed E-state index contributed by atoms with van der Waals surface area (Å²) in [5.41, 5.74) is 0. The number of nitrogens with one attached hydrogen (secondary N) is 1. The van der Waals surface area contributed by atoms with Crippen molar-refractivity contribution in [2.45, 2.75) is 25.4 Å². The fourth-order valence-electron chi connectivity index (χ4n) is 1.68. The van der Waals surface area contributed by atoms with Crippen LogP contribution in [0.4, 0.5) is 13.2 Å². The minimum atomic E-state index is -4.21. The quantitative estimate of drug-likeness (QED) is 0.566. The van der Waals surface area contributed by atoms with Crippen LogP contribution in [0.1, 0.15) is 19.3 Å². The molecule has 0 aliphatic heterocycles. The second-order valence-electron chi connectivity index (χ2n) is 4.02. The Morgan fingerprint density at radius 2 is 2.12 bits per heavy atom. The van der Waals surface area contributed by atoms with Crippen molar-refractivity contribution in [2.75, 3.05) is 26.3 Å². The Balaban J connectivity index is 1.90. The number of allylic oxidation sites excluding steroid dienone is 2. The first kappa shape index (κ1) is 13.5. The predicted octanol–water partition coefficient (Wildman–Crippen LogP) is 2.51. The van der Waals surface area contributed by atoms with Gasteiger partial charge in [-0.3, -0.25) is 0 Å². The van der Waals surface area contributed by atoms with E-state index in [-0.39, 0.29) is 6.61 Å². The van der Waals surface area contributed by atoms with E-state index in [1.807, 2.05) is 0 Å². The molecule has 5 heteroatoms. The number of hydrogen-bond donors (Lipinski definition) is 1. The van der Waals surface area contributed by atoms with E-state index in [0.717, 1.165) is 25.8 Å². The molecule has 0 aromatic rings. The standard InChI is InChI=1S/C11H18F3NO/c12-11(13,14)9-16-7-6-15-8-10-4-2-1-3-5-10/h1-2,10,15H,3-9H2. The van der Waals surface area contributed by atoms with Crippen molar-refractivity contribution >= 4 is 0 Å². The van der Waals surface area contributed by atoms with Gasteiger partial charge in [-0.15, -0.1) is 0 Å². The Labute approximate surface area is 93.9 Å². The van der Waals surface area contributed by atoms with Gasteiger partial charge in [-0.25, -0.2) is 0 Å². The highest BCUT2D eigenvalue weighted by molar-refractivity contribution is 4.90. The zero-order valence-corrected chi connectivity index (χ0v) is 9.22. The van der Waals surface area contributed by atoms with Crippen LogP contribution in [-0.2, 0) is 4.74 Å². The molecule has 1 N–H and O–H groups in total. The molecule has 0 aromatic heterocycles. The summed E-state index contributed by atoms with van der Waals surface area (Å²) in [5.74, 6) is 0.618. The van der Waals surface area contributed by atoms with Crippen LogP contribution in [0.25, 0.3) is 0 Å². The van der Waals surface area contributed by atoms with E-state index in [0.29, 0.717) is 12.5 Å². The maximum absolute atomic E-state index is 11.7. The summed E-state index contributed by atoms with van der Waals surface area (Å²) < 4.78 is 39.6. The average Bonchev–Trinajstić information content (AvgIpc) is 2.23. The summed E-state index contributed by atoms with van der Waals surface area (Å²) in [5, 5.41) is 3.12. The van der Waals surface area contributed by atoms with Gasteiger partial charge in [0.25, 0.3) is 0 Å². The lowest BCUT2D eigenvalue weighted by molar-refractivity contribution is -0.173. The van der Waals surface area contributed by atoms with E-state index < -0.39 is 12.8 Å². The van der Waals surface area contributed by atoms with Crippen molar-refractivity contribution in [3.05, 3.63) is 12.2 Å². The van der Waals surface area contributed by atoms with E-state index in [1.54, 1.807) is 0 Å². The minimum Gasteiger partial charge on any atom is -0.371 e. The summed E-state index contributed by atoms with van der Waals surface area (Å²) in [6.45, 7) is 0.304. The molecule has 94 valence electrons. The van der Waals surface area contributed by atoms with E-state index in [2.05, 4.69) is 22.2 Å². The Kier molecular flexibility index (Phi) is 5.84. The molecular formula is C11H18F3NO. The van der Waals surface area contributed by atoms with Gasteiger partial charge in [-0.1, -0.05) is 12.2 Å². The molecule has 16 heavy (non-hydrogen) atoms.